The van der Waals surface area contributed by atoms with Gasteiger partial charge in [-0.1, -0.05) is 11.6 Å². The van der Waals surface area contributed by atoms with Crippen LogP contribution in [-0.4, -0.2) is 36.7 Å². The molecule has 6 nitrogen and oxygen atoms in total. The van der Waals surface area contributed by atoms with Crippen LogP contribution in [0.15, 0.2) is 41.4 Å². The van der Waals surface area contributed by atoms with E-state index in [1.165, 1.54) is 22.6 Å². The van der Waals surface area contributed by atoms with Gasteiger partial charge in [-0.05, 0) is 43.2 Å². The normalized spacial score (nSPS) is 16.4. The Balaban J connectivity index is 1.66. The van der Waals surface area contributed by atoms with Gasteiger partial charge in [0, 0.05) is 30.9 Å². The molecule has 1 saturated heterocycles. The summed E-state index contributed by atoms with van der Waals surface area (Å²) in [5.74, 6) is -2.61. The van der Waals surface area contributed by atoms with Gasteiger partial charge in [-0.2, -0.15) is 17.5 Å². The van der Waals surface area contributed by atoms with Gasteiger partial charge in [0.25, 0.3) is 0 Å². The Morgan fingerprint density at radius 1 is 1.20 bits per heavy atom. The topological polar surface area (TPSA) is 79.4 Å². The number of nitrogens with zero attached hydrogens (tertiary/aromatic N) is 2. The standard InChI is InChI=1S/C18H16ClF4N3O3S/c19-16-15(2-1-7-24-16)30(28,29)26-8-5-11(6-9-26)17(27)25-12-3-4-14(20)13(10-12)18(21,22)23/h1-4,7,10-11H,5-6,8-9H2,(H,25,27). The number of sulfonamides is 1. The highest BCUT2D eigenvalue weighted by Crippen LogP contribution is 2.33. The van der Waals surface area contributed by atoms with Crippen molar-refractivity contribution in [1.82, 2.24) is 9.29 Å². The van der Waals surface area contributed by atoms with Crippen molar-refractivity contribution in [3.63, 3.8) is 0 Å². The maximum absolute atomic E-state index is 13.4. The van der Waals surface area contributed by atoms with E-state index in [9.17, 15) is 30.8 Å². The van der Waals surface area contributed by atoms with Crippen molar-refractivity contribution < 1.29 is 30.8 Å². The minimum Gasteiger partial charge on any atom is -0.326 e. The number of anilines is 1. The molecule has 3 rings (SSSR count). The van der Waals surface area contributed by atoms with Crippen LogP contribution < -0.4 is 5.32 Å². The number of hydrogen-bond acceptors (Lipinski definition) is 4. The number of piperidine rings is 1. The van der Waals surface area contributed by atoms with Crippen molar-refractivity contribution in [2.45, 2.75) is 23.9 Å². The molecular weight excluding hydrogens is 450 g/mol. The van der Waals surface area contributed by atoms with Crippen molar-refractivity contribution in [3.8, 4) is 0 Å². The number of halogens is 5. The Labute approximate surface area is 174 Å². The summed E-state index contributed by atoms with van der Waals surface area (Å²) >= 11 is 5.87. The molecule has 1 aromatic carbocycles. The summed E-state index contributed by atoms with van der Waals surface area (Å²) < 4.78 is 78.4. The second-order valence-electron chi connectivity index (χ2n) is 6.65. The van der Waals surface area contributed by atoms with Crippen LogP contribution in [0.1, 0.15) is 18.4 Å². The minimum absolute atomic E-state index is 0.0306. The Morgan fingerprint density at radius 2 is 1.87 bits per heavy atom. The van der Waals surface area contributed by atoms with E-state index in [4.69, 9.17) is 11.6 Å². The zero-order chi connectivity index (χ0) is 22.1. The summed E-state index contributed by atoms with van der Waals surface area (Å²) in [6.07, 6.45) is -3.21. The predicted octanol–water partition coefficient (Wildman–Crippen LogP) is 3.93. The van der Waals surface area contributed by atoms with Gasteiger partial charge in [-0.3, -0.25) is 4.79 Å². The lowest BCUT2D eigenvalue weighted by Crippen LogP contribution is -2.41. The average molecular weight is 466 g/mol. The van der Waals surface area contributed by atoms with E-state index >= 15 is 0 Å². The number of alkyl halides is 3. The summed E-state index contributed by atoms with van der Waals surface area (Å²) in [4.78, 5) is 16.0. The minimum atomic E-state index is -4.89. The Hall–Kier alpha value is -2.24. The number of amides is 1. The molecule has 0 atom stereocenters. The van der Waals surface area contributed by atoms with Gasteiger partial charge in [0.1, 0.15) is 15.9 Å². The van der Waals surface area contributed by atoms with Gasteiger partial charge in [0.05, 0.1) is 5.56 Å². The maximum atomic E-state index is 13.4. The first-order valence-corrected chi connectivity index (χ1v) is 10.6. The fourth-order valence-corrected chi connectivity index (χ4v) is 5.02. The second-order valence-corrected chi connectivity index (χ2v) is 8.92. The SMILES string of the molecule is O=C(Nc1ccc(F)c(C(F)(F)F)c1)C1CCN(S(=O)(=O)c2cccnc2Cl)CC1. The van der Waals surface area contributed by atoms with Gasteiger partial charge in [0.2, 0.25) is 15.9 Å². The molecule has 162 valence electrons. The molecule has 0 radical (unpaired) electrons. The van der Waals surface area contributed by atoms with Crippen LogP contribution >= 0.6 is 11.6 Å². The van der Waals surface area contributed by atoms with Crippen LogP contribution in [0.2, 0.25) is 5.15 Å². The van der Waals surface area contributed by atoms with Crippen molar-refractivity contribution in [2.24, 2.45) is 5.92 Å². The first-order chi connectivity index (χ1) is 14.0. The third kappa shape index (κ3) is 4.73. The smallest absolute Gasteiger partial charge is 0.326 e. The molecule has 2 heterocycles. The van der Waals surface area contributed by atoms with Crippen molar-refractivity contribution in [1.29, 1.82) is 0 Å². The highest BCUT2D eigenvalue weighted by Gasteiger charge is 2.35. The lowest BCUT2D eigenvalue weighted by molar-refractivity contribution is -0.140. The van der Waals surface area contributed by atoms with Crippen molar-refractivity contribution in [2.75, 3.05) is 18.4 Å². The third-order valence-corrected chi connectivity index (χ3v) is 7.05. The molecule has 1 aromatic heterocycles. The van der Waals surface area contributed by atoms with E-state index in [2.05, 4.69) is 10.3 Å². The zero-order valence-corrected chi connectivity index (χ0v) is 16.9. The molecule has 30 heavy (non-hydrogen) atoms. The lowest BCUT2D eigenvalue weighted by atomic mass is 9.97. The van der Waals surface area contributed by atoms with Crippen molar-refractivity contribution >= 4 is 33.2 Å². The third-order valence-electron chi connectivity index (χ3n) is 4.71. The van der Waals surface area contributed by atoms with E-state index in [1.54, 1.807) is 0 Å². The molecule has 1 aliphatic rings. The molecule has 1 N–H and O–H groups in total. The first-order valence-electron chi connectivity index (χ1n) is 8.78. The van der Waals surface area contributed by atoms with Gasteiger partial charge in [0.15, 0.2) is 0 Å². The molecule has 1 amide bonds. The van der Waals surface area contributed by atoms with E-state index < -0.39 is 39.4 Å². The zero-order valence-electron chi connectivity index (χ0n) is 15.3. The average Bonchev–Trinajstić information content (AvgIpc) is 2.69. The van der Waals surface area contributed by atoms with Crippen LogP contribution in [0.3, 0.4) is 0 Å². The molecule has 0 aliphatic carbocycles. The van der Waals surface area contributed by atoms with Crippen LogP contribution in [0.25, 0.3) is 0 Å². The molecule has 12 heteroatoms. The Bertz CT molecular complexity index is 1050. The van der Waals surface area contributed by atoms with Crippen LogP contribution in [0, 0.1) is 11.7 Å². The van der Waals surface area contributed by atoms with Crippen LogP contribution in [0.4, 0.5) is 23.2 Å². The number of hydrogen-bond donors (Lipinski definition) is 1. The number of aromatic nitrogens is 1. The van der Waals surface area contributed by atoms with E-state index in [0.29, 0.717) is 12.1 Å². The number of pyridine rings is 1. The molecular formula is C18H16ClF4N3O3S. The van der Waals surface area contributed by atoms with Gasteiger partial charge in [-0.25, -0.2) is 17.8 Å². The summed E-state index contributed by atoms with van der Waals surface area (Å²) in [6, 6.07) is 4.96. The molecule has 0 spiro atoms. The molecule has 0 unspecified atom stereocenters. The van der Waals surface area contributed by atoms with E-state index in [-0.39, 0.29) is 41.7 Å². The van der Waals surface area contributed by atoms with Crippen LogP contribution in [0.5, 0.6) is 0 Å². The van der Waals surface area contributed by atoms with Crippen LogP contribution in [-0.2, 0) is 21.0 Å². The van der Waals surface area contributed by atoms with E-state index in [0.717, 1.165) is 6.07 Å². The summed E-state index contributed by atoms with van der Waals surface area (Å²) in [5.41, 5.74) is -1.67. The summed E-state index contributed by atoms with van der Waals surface area (Å²) in [6.45, 7) is 0.0612. The van der Waals surface area contributed by atoms with Gasteiger partial charge in [-0.15, -0.1) is 0 Å². The number of nitrogens with one attached hydrogen (secondary N) is 1. The number of benzene rings is 1. The highest BCUT2D eigenvalue weighted by atomic mass is 35.5. The summed E-state index contributed by atoms with van der Waals surface area (Å²) in [7, 11) is -3.89. The molecule has 0 bridgehead atoms. The number of carbonyl (C=O) groups excluding carboxylic acids is 1. The second kappa shape index (κ2) is 8.48. The maximum Gasteiger partial charge on any atom is 0.419 e. The number of rotatable bonds is 4. The molecule has 1 fully saturated rings. The molecule has 0 saturated carbocycles. The Morgan fingerprint density at radius 3 is 2.47 bits per heavy atom. The first kappa shape index (κ1) is 22.4. The molecule has 1 aliphatic heterocycles. The summed E-state index contributed by atoms with van der Waals surface area (Å²) in [5, 5.41) is 2.18. The lowest BCUT2D eigenvalue weighted by Gasteiger charge is -2.30. The van der Waals surface area contributed by atoms with Gasteiger partial charge < -0.3 is 5.32 Å². The monoisotopic (exact) mass is 465 g/mol. The highest BCUT2D eigenvalue weighted by molar-refractivity contribution is 7.89. The molecule has 2 aromatic rings. The predicted molar refractivity (Wildman–Crippen MR) is 101 cm³/mol. The fraction of sp³-hybridized carbons (Fsp3) is 0.333. The van der Waals surface area contributed by atoms with Gasteiger partial charge >= 0.3 is 6.18 Å². The van der Waals surface area contributed by atoms with Crippen molar-refractivity contribution in [3.05, 3.63) is 53.1 Å². The largest absolute Gasteiger partial charge is 0.419 e. The number of carbonyl (C=O) groups is 1. The Kier molecular flexibility index (Phi) is 6.34. The van der Waals surface area contributed by atoms with E-state index in [1.807, 2.05) is 0 Å². The fourth-order valence-electron chi connectivity index (χ4n) is 3.13. The quantitative estimate of drug-likeness (QED) is 0.548.